The van der Waals surface area contributed by atoms with Gasteiger partial charge in [-0.25, -0.2) is 8.42 Å². The first-order valence-electron chi connectivity index (χ1n) is 9.76. The molecule has 28 heavy (non-hydrogen) atoms. The zero-order valence-electron chi connectivity index (χ0n) is 17.3. The van der Waals surface area contributed by atoms with Gasteiger partial charge in [0, 0.05) is 45.4 Å². The highest BCUT2D eigenvalue weighted by molar-refractivity contribution is 7.90. The summed E-state index contributed by atoms with van der Waals surface area (Å²) in [5, 5.41) is 6.37. The van der Waals surface area contributed by atoms with E-state index in [4.69, 9.17) is 0 Å². The van der Waals surface area contributed by atoms with Crippen LogP contribution in [0.5, 0.6) is 0 Å². The van der Waals surface area contributed by atoms with Crippen LogP contribution in [0.25, 0.3) is 0 Å². The predicted octanol–water partition coefficient (Wildman–Crippen LogP) is 1.85. The Morgan fingerprint density at radius 1 is 1.29 bits per heavy atom. The normalized spacial score (nSPS) is 18.1. The topological polar surface area (TPSA) is 90.9 Å². The minimum atomic E-state index is -3.21. The van der Waals surface area contributed by atoms with Gasteiger partial charge in [0.25, 0.3) is 0 Å². The Hall–Kier alpha value is -2.09. The fourth-order valence-corrected chi connectivity index (χ4v) is 4.50. The van der Waals surface area contributed by atoms with Gasteiger partial charge in [0.05, 0.1) is 4.90 Å². The second-order valence-corrected chi connectivity index (χ2v) is 9.39. The van der Waals surface area contributed by atoms with E-state index in [1.165, 1.54) is 12.7 Å². The number of carbonyl (C=O) groups is 1. The number of amides is 1. The largest absolute Gasteiger partial charge is 0.356 e. The van der Waals surface area contributed by atoms with Gasteiger partial charge in [-0.05, 0) is 50.3 Å². The van der Waals surface area contributed by atoms with E-state index in [9.17, 15) is 13.2 Å². The Labute approximate surface area is 168 Å². The molecule has 1 saturated heterocycles. The molecule has 1 amide bonds. The standard InChI is InChI=1S/C20H32N4O3S/c1-15-13-17(8-9-18(15)28(4,26)27)14-23-20(21-3)22-11-10-19(25)24-12-6-5-7-16(24)2/h8-9,13,16H,5-7,10-12,14H2,1-4H3,(H2,21,22,23). The van der Waals surface area contributed by atoms with Crippen LogP contribution < -0.4 is 10.6 Å². The highest BCUT2D eigenvalue weighted by Crippen LogP contribution is 2.17. The van der Waals surface area contributed by atoms with Gasteiger partial charge in [0.1, 0.15) is 0 Å². The number of likely N-dealkylation sites (tertiary alicyclic amines) is 1. The highest BCUT2D eigenvalue weighted by Gasteiger charge is 2.22. The van der Waals surface area contributed by atoms with Crippen molar-refractivity contribution >= 4 is 21.7 Å². The maximum Gasteiger partial charge on any atom is 0.224 e. The Balaban J connectivity index is 1.81. The molecule has 1 fully saturated rings. The van der Waals surface area contributed by atoms with Crippen LogP contribution in [0.4, 0.5) is 0 Å². The maximum atomic E-state index is 12.4. The van der Waals surface area contributed by atoms with Crippen LogP contribution in [0.2, 0.25) is 0 Å². The van der Waals surface area contributed by atoms with E-state index >= 15 is 0 Å². The summed E-state index contributed by atoms with van der Waals surface area (Å²) in [6, 6.07) is 5.62. The molecule has 2 rings (SSSR count). The van der Waals surface area contributed by atoms with Gasteiger partial charge in [-0.1, -0.05) is 12.1 Å². The van der Waals surface area contributed by atoms with Crippen molar-refractivity contribution in [1.29, 1.82) is 0 Å². The number of carbonyl (C=O) groups excluding carboxylic acids is 1. The molecular formula is C20H32N4O3S. The van der Waals surface area contributed by atoms with E-state index in [-0.39, 0.29) is 5.91 Å². The lowest BCUT2D eigenvalue weighted by Gasteiger charge is -2.33. The second kappa shape index (κ2) is 9.91. The summed E-state index contributed by atoms with van der Waals surface area (Å²) < 4.78 is 23.4. The molecule has 7 nitrogen and oxygen atoms in total. The van der Waals surface area contributed by atoms with Crippen molar-refractivity contribution in [3.8, 4) is 0 Å². The first-order valence-corrected chi connectivity index (χ1v) is 11.6. The van der Waals surface area contributed by atoms with Gasteiger partial charge in [-0.2, -0.15) is 0 Å². The number of aryl methyl sites for hydroxylation is 1. The molecule has 0 aromatic heterocycles. The first-order chi connectivity index (χ1) is 13.2. The summed E-state index contributed by atoms with van der Waals surface area (Å²) in [6.45, 7) is 5.80. The number of nitrogens with one attached hydrogen (secondary N) is 2. The average molecular weight is 409 g/mol. The van der Waals surface area contributed by atoms with Crippen molar-refractivity contribution < 1.29 is 13.2 Å². The third-order valence-electron chi connectivity index (χ3n) is 5.08. The van der Waals surface area contributed by atoms with Gasteiger partial charge in [-0.15, -0.1) is 0 Å². The number of aliphatic imine (C=N–C) groups is 1. The lowest BCUT2D eigenvalue weighted by Crippen LogP contribution is -2.44. The van der Waals surface area contributed by atoms with Gasteiger partial charge in [0.15, 0.2) is 15.8 Å². The van der Waals surface area contributed by atoms with Crippen molar-refractivity contribution in [2.24, 2.45) is 4.99 Å². The number of sulfone groups is 1. The van der Waals surface area contributed by atoms with E-state index in [0.29, 0.717) is 36.4 Å². The summed E-state index contributed by atoms with van der Waals surface area (Å²) in [5.41, 5.74) is 1.69. The summed E-state index contributed by atoms with van der Waals surface area (Å²) >= 11 is 0. The molecule has 8 heteroatoms. The molecule has 0 radical (unpaired) electrons. The molecule has 1 heterocycles. The summed E-state index contributed by atoms with van der Waals surface area (Å²) in [4.78, 5) is 18.9. The van der Waals surface area contributed by atoms with Crippen LogP contribution in [0, 0.1) is 6.92 Å². The van der Waals surface area contributed by atoms with Crippen LogP contribution >= 0.6 is 0 Å². The third-order valence-corrected chi connectivity index (χ3v) is 6.33. The van der Waals surface area contributed by atoms with Crippen molar-refractivity contribution in [1.82, 2.24) is 15.5 Å². The maximum absolute atomic E-state index is 12.4. The van der Waals surface area contributed by atoms with Gasteiger partial charge < -0.3 is 15.5 Å². The fourth-order valence-electron chi connectivity index (χ4n) is 3.54. The monoisotopic (exact) mass is 408 g/mol. The number of hydrogen-bond acceptors (Lipinski definition) is 4. The Morgan fingerprint density at radius 3 is 2.64 bits per heavy atom. The van der Waals surface area contributed by atoms with E-state index < -0.39 is 9.84 Å². The van der Waals surface area contributed by atoms with Crippen LogP contribution in [0.15, 0.2) is 28.1 Å². The lowest BCUT2D eigenvalue weighted by molar-refractivity contribution is -0.134. The molecular weight excluding hydrogens is 376 g/mol. The highest BCUT2D eigenvalue weighted by atomic mass is 32.2. The Kier molecular flexibility index (Phi) is 7.86. The Bertz CT molecular complexity index is 821. The third kappa shape index (κ3) is 6.22. The van der Waals surface area contributed by atoms with E-state index in [2.05, 4.69) is 22.5 Å². The minimum absolute atomic E-state index is 0.183. The molecule has 1 aliphatic heterocycles. The summed E-state index contributed by atoms with van der Waals surface area (Å²) in [7, 11) is -1.53. The molecule has 1 aliphatic rings. The quantitative estimate of drug-likeness (QED) is 0.554. The zero-order chi connectivity index (χ0) is 20.7. The van der Waals surface area contributed by atoms with Gasteiger partial charge >= 0.3 is 0 Å². The van der Waals surface area contributed by atoms with Crippen molar-refractivity contribution in [2.45, 2.75) is 57.0 Å². The molecule has 0 spiro atoms. The molecule has 156 valence electrons. The van der Waals surface area contributed by atoms with Crippen molar-refractivity contribution in [3.63, 3.8) is 0 Å². The molecule has 1 aromatic rings. The molecule has 1 atom stereocenters. The summed E-state index contributed by atoms with van der Waals surface area (Å²) in [5.74, 6) is 0.798. The molecule has 0 saturated carbocycles. The number of rotatable bonds is 6. The van der Waals surface area contributed by atoms with Crippen LogP contribution in [-0.4, -0.2) is 57.6 Å². The second-order valence-electron chi connectivity index (χ2n) is 7.41. The molecule has 1 aromatic carbocycles. The molecule has 2 N–H and O–H groups in total. The number of piperidine rings is 1. The molecule has 0 bridgehead atoms. The number of hydrogen-bond donors (Lipinski definition) is 2. The Morgan fingerprint density at radius 2 is 2.04 bits per heavy atom. The SMILES string of the molecule is CN=C(NCCC(=O)N1CCCCC1C)NCc1ccc(S(C)(=O)=O)c(C)c1. The smallest absolute Gasteiger partial charge is 0.224 e. The number of benzene rings is 1. The molecule has 1 unspecified atom stereocenters. The van der Waals surface area contributed by atoms with Crippen LogP contribution in [0.3, 0.4) is 0 Å². The van der Waals surface area contributed by atoms with Crippen LogP contribution in [0.1, 0.15) is 43.7 Å². The first kappa shape index (κ1) is 22.2. The van der Waals surface area contributed by atoms with Crippen LogP contribution in [-0.2, 0) is 21.2 Å². The van der Waals surface area contributed by atoms with Crippen molar-refractivity contribution in [3.05, 3.63) is 29.3 Å². The fraction of sp³-hybridized carbons (Fsp3) is 0.600. The van der Waals surface area contributed by atoms with Gasteiger partial charge in [-0.3, -0.25) is 9.79 Å². The van der Waals surface area contributed by atoms with Crippen molar-refractivity contribution in [2.75, 3.05) is 26.4 Å². The average Bonchev–Trinajstić information content (AvgIpc) is 2.63. The number of nitrogens with zero attached hydrogens (tertiary/aromatic N) is 2. The van der Waals surface area contributed by atoms with E-state index in [1.54, 1.807) is 26.1 Å². The van der Waals surface area contributed by atoms with E-state index in [0.717, 1.165) is 30.5 Å². The predicted molar refractivity (Wildman–Crippen MR) is 112 cm³/mol. The van der Waals surface area contributed by atoms with E-state index in [1.807, 2.05) is 11.0 Å². The lowest BCUT2D eigenvalue weighted by atomic mass is 10.0. The minimum Gasteiger partial charge on any atom is -0.356 e. The zero-order valence-corrected chi connectivity index (χ0v) is 18.1. The molecule has 0 aliphatic carbocycles. The van der Waals surface area contributed by atoms with Gasteiger partial charge in [0.2, 0.25) is 5.91 Å². The summed E-state index contributed by atoms with van der Waals surface area (Å²) in [6.07, 6.45) is 5.02. The number of guanidine groups is 1.